The van der Waals surface area contributed by atoms with E-state index in [4.69, 9.17) is 5.73 Å². The number of halogens is 2. The van der Waals surface area contributed by atoms with Crippen molar-refractivity contribution in [1.29, 1.82) is 0 Å². The first-order chi connectivity index (χ1) is 8.01. The highest BCUT2D eigenvalue weighted by atomic mass is 79.9. The molecule has 0 heterocycles. The van der Waals surface area contributed by atoms with Gasteiger partial charge in [0, 0.05) is 19.6 Å². The lowest BCUT2D eigenvalue weighted by Crippen LogP contribution is -2.28. The van der Waals surface area contributed by atoms with Crippen LogP contribution >= 0.6 is 15.9 Å². The van der Waals surface area contributed by atoms with Gasteiger partial charge in [-0.15, -0.1) is 0 Å². The molecule has 1 rings (SSSR count). The number of rotatable bonds is 5. The second kappa shape index (κ2) is 6.36. The molecule has 0 spiro atoms. The topological polar surface area (TPSA) is 29.3 Å². The van der Waals surface area contributed by atoms with Crippen LogP contribution in [0.4, 0.5) is 10.1 Å². The van der Waals surface area contributed by atoms with Gasteiger partial charge in [0.25, 0.3) is 0 Å². The Morgan fingerprint density at radius 2 is 2.06 bits per heavy atom. The molecule has 0 aromatic heterocycles. The fourth-order valence-corrected chi connectivity index (χ4v) is 2.32. The molecule has 0 fully saturated rings. The van der Waals surface area contributed by atoms with Gasteiger partial charge in [-0.25, -0.2) is 4.39 Å². The van der Waals surface area contributed by atoms with E-state index in [1.54, 1.807) is 0 Å². The molecule has 0 atom stereocenters. The largest absolute Gasteiger partial charge is 0.369 e. The number of nitrogens with zero attached hydrogens (tertiary/aromatic N) is 1. The summed E-state index contributed by atoms with van der Waals surface area (Å²) in [5, 5.41) is 0. The molecule has 0 amide bonds. The Kier molecular flexibility index (Phi) is 5.40. The maximum Gasteiger partial charge on any atom is 0.160 e. The van der Waals surface area contributed by atoms with Gasteiger partial charge >= 0.3 is 0 Å². The van der Waals surface area contributed by atoms with Crippen molar-refractivity contribution in [3.63, 3.8) is 0 Å². The first kappa shape index (κ1) is 14.5. The zero-order valence-corrected chi connectivity index (χ0v) is 12.2. The van der Waals surface area contributed by atoms with Crippen LogP contribution in [0.2, 0.25) is 0 Å². The van der Waals surface area contributed by atoms with Crippen LogP contribution in [0.1, 0.15) is 26.3 Å². The van der Waals surface area contributed by atoms with E-state index in [0.29, 0.717) is 22.6 Å². The molecule has 1 aromatic carbocycles. The molecule has 2 nitrogen and oxygen atoms in total. The smallest absolute Gasteiger partial charge is 0.160 e. The number of anilines is 1. The van der Waals surface area contributed by atoms with E-state index < -0.39 is 0 Å². The Bertz CT molecular complexity index is 380. The Morgan fingerprint density at radius 3 is 2.53 bits per heavy atom. The number of hydrogen-bond donors (Lipinski definition) is 1. The van der Waals surface area contributed by atoms with E-state index in [0.717, 1.165) is 18.7 Å². The average Bonchev–Trinajstić information content (AvgIpc) is 2.29. The normalized spacial score (nSPS) is 11.0. The van der Waals surface area contributed by atoms with Crippen LogP contribution in [0.25, 0.3) is 0 Å². The molecule has 0 radical (unpaired) electrons. The fourth-order valence-electron chi connectivity index (χ4n) is 1.82. The van der Waals surface area contributed by atoms with Crippen LogP contribution in [-0.2, 0) is 6.54 Å². The van der Waals surface area contributed by atoms with Gasteiger partial charge in [-0.3, -0.25) is 0 Å². The molecule has 17 heavy (non-hydrogen) atoms. The summed E-state index contributed by atoms with van der Waals surface area (Å²) >= 11 is 3.27. The van der Waals surface area contributed by atoms with Gasteiger partial charge in [0.2, 0.25) is 0 Å². The molecular formula is C13H20BrFN2. The van der Waals surface area contributed by atoms with E-state index in [2.05, 4.69) is 29.8 Å². The summed E-state index contributed by atoms with van der Waals surface area (Å²) in [4.78, 5) is 2.05. The van der Waals surface area contributed by atoms with Crippen LogP contribution < -0.4 is 10.6 Å². The molecule has 0 saturated carbocycles. The standard InChI is InChI=1S/C13H20BrFN2/c1-4-17(8-9(2)3)11-6-5-10(7-16)12(14)13(11)15/h5-6,9H,4,7-8,16H2,1-3H3. The van der Waals surface area contributed by atoms with Crippen LogP contribution in [0.5, 0.6) is 0 Å². The van der Waals surface area contributed by atoms with Gasteiger partial charge in [0.1, 0.15) is 0 Å². The number of benzene rings is 1. The summed E-state index contributed by atoms with van der Waals surface area (Å²) in [5.41, 5.74) is 6.99. The van der Waals surface area contributed by atoms with Gasteiger partial charge < -0.3 is 10.6 Å². The van der Waals surface area contributed by atoms with Crippen molar-refractivity contribution in [1.82, 2.24) is 0 Å². The van der Waals surface area contributed by atoms with Gasteiger partial charge in [-0.2, -0.15) is 0 Å². The van der Waals surface area contributed by atoms with E-state index in [-0.39, 0.29) is 5.82 Å². The van der Waals surface area contributed by atoms with Crippen molar-refractivity contribution < 1.29 is 4.39 Å². The first-order valence-corrected chi connectivity index (χ1v) is 6.72. The van der Waals surface area contributed by atoms with Gasteiger partial charge in [0.15, 0.2) is 5.82 Å². The van der Waals surface area contributed by atoms with Crippen LogP contribution in [0, 0.1) is 11.7 Å². The molecular weight excluding hydrogens is 283 g/mol. The minimum absolute atomic E-state index is 0.213. The average molecular weight is 303 g/mol. The highest BCUT2D eigenvalue weighted by Gasteiger charge is 2.15. The van der Waals surface area contributed by atoms with Crippen molar-refractivity contribution in [2.75, 3.05) is 18.0 Å². The van der Waals surface area contributed by atoms with Crippen molar-refractivity contribution in [2.24, 2.45) is 11.7 Å². The minimum atomic E-state index is -0.213. The fraction of sp³-hybridized carbons (Fsp3) is 0.538. The lowest BCUT2D eigenvalue weighted by molar-refractivity contribution is 0.581. The number of hydrogen-bond acceptors (Lipinski definition) is 2. The highest BCUT2D eigenvalue weighted by molar-refractivity contribution is 9.10. The third kappa shape index (κ3) is 3.42. The zero-order valence-electron chi connectivity index (χ0n) is 10.6. The second-order valence-corrected chi connectivity index (χ2v) is 5.30. The molecule has 0 aliphatic carbocycles. The Hall–Kier alpha value is -0.610. The molecule has 0 aliphatic rings. The molecule has 0 bridgehead atoms. The summed E-state index contributed by atoms with van der Waals surface area (Å²) in [6, 6.07) is 3.69. The van der Waals surface area contributed by atoms with Crippen molar-refractivity contribution in [3.8, 4) is 0 Å². The molecule has 0 unspecified atom stereocenters. The highest BCUT2D eigenvalue weighted by Crippen LogP contribution is 2.29. The lowest BCUT2D eigenvalue weighted by Gasteiger charge is -2.26. The molecule has 0 aliphatic heterocycles. The summed E-state index contributed by atoms with van der Waals surface area (Å²) in [7, 11) is 0. The second-order valence-electron chi connectivity index (χ2n) is 4.51. The first-order valence-electron chi connectivity index (χ1n) is 5.93. The van der Waals surface area contributed by atoms with Crippen LogP contribution in [0.3, 0.4) is 0 Å². The van der Waals surface area contributed by atoms with Gasteiger partial charge in [-0.05, 0) is 40.4 Å². The predicted octanol–water partition coefficient (Wildman–Crippen LogP) is 3.53. The Morgan fingerprint density at radius 1 is 1.41 bits per heavy atom. The molecule has 4 heteroatoms. The molecule has 1 aromatic rings. The van der Waals surface area contributed by atoms with Crippen molar-refractivity contribution in [2.45, 2.75) is 27.3 Å². The van der Waals surface area contributed by atoms with Crippen LogP contribution in [0.15, 0.2) is 16.6 Å². The van der Waals surface area contributed by atoms with E-state index in [1.165, 1.54) is 0 Å². The SMILES string of the molecule is CCN(CC(C)C)c1ccc(CN)c(Br)c1F. The maximum absolute atomic E-state index is 14.2. The van der Waals surface area contributed by atoms with Crippen LogP contribution in [-0.4, -0.2) is 13.1 Å². The molecule has 2 N–H and O–H groups in total. The zero-order chi connectivity index (χ0) is 13.0. The van der Waals surface area contributed by atoms with Crippen molar-refractivity contribution in [3.05, 3.63) is 28.0 Å². The maximum atomic E-state index is 14.2. The van der Waals surface area contributed by atoms with E-state index in [1.807, 2.05) is 24.0 Å². The lowest BCUT2D eigenvalue weighted by atomic mass is 10.1. The summed E-state index contributed by atoms with van der Waals surface area (Å²) < 4.78 is 14.7. The predicted molar refractivity (Wildman–Crippen MR) is 74.7 cm³/mol. The Labute approximate surface area is 111 Å². The minimum Gasteiger partial charge on any atom is -0.369 e. The number of nitrogens with two attached hydrogens (primary N) is 1. The summed E-state index contributed by atoms with van der Waals surface area (Å²) in [6.45, 7) is 8.28. The quantitative estimate of drug-likeness (QED) is 0.901. The third-order valence-electron chi connectivity index (χ3n) is 2.67. The van der Waals surface area contributed by atoms with Crippen molar-refractivity contribution >= 4 is 21.6 Å². The van der Waals surface area contributed by atoms with E-state index >= 15 is 0 Å². The Balaban J connectivity index is 3.08. The van der Waals surface area contributed by atoms with Gasteiger partial charge in [0.05, 0.1) is 10.2 Å². The van der Waals surface area contributed by atoms with Gasteiger partial charge in [-0.1, -0.05) is 19.9 Å². The molecule has 0 saturated heterocycles. The third-order valence-corrected chi connectivity index (χ3v) is 3.53. The summed E-state index contributed by atoms with van der Waals surface area (Å²) in [6.07, 6.45) is 0. The molecule has 96 valence electrons. The van der Waals surface area contributed by atoms with E-state index in [9.17, 15) is 4.39 Å². The summed E-state index contributed by atoms with van der Waals surface area (Å²) in [5.74, 6) is 0.290. The monoisotopic (exact) mass is 302 g/mol.